The highest BCUT2D eigenvalue weighted by atomic mass is 19.1. The van der Waals surface area contributed by atoms with E-state index in [1.165, 1.54) is 18.6 Å². The molecule has 1 nitrogen and oxygen atoms in total. The highest BCUT2D eigenvalue weighted by Gasteiger charge is 2.34. The zero-order chi connectivity index (χ0) is 12.5. The van der Waals surface area contributed by atoms with E-state index in [0.717, 1.165) is 25.3 Å². The second kappa shape index (κ2) is 4.73. The van der Waals surface area contributed by atoms with Crippen LogP contribution >= 0.6 is 0 Å². The molecule has 1 saturated carbocycles. The number of rotatable bonds is 2. The molecule has 0 bridgehead atoms. The summed E-state index contributed by atoms with van der Waals surface area (Å²) in [5.74, 6) is -0.623. The van der Waals surface area contributed by atoms with E-state index in [9.17, 15) is 8.78 Å². The van der Waals surface area contributed by atoms with Crippen molar-refractivity contribution in [1.82, 2.24) is 0 Å². The summed E-state index contributed by atoms with van der Waals surface area (Å²) in [5.41, 5.74) is 6.57. The quantitative estimate of drug-likeness (QED) is 0.840. The van der Waals surface area contributed by atoms with Crippen molar-refractivity contribution in [3.63, 3.8) is 0 Å². The maximum absolute atomic E-state index is 13.6. The van der Waals surface area contributed by atoms with Gasteiger partial charge in [-0.05, 0) is 36.8 Å². The standard InChI is InChI=1S/C14H19F2N/c1-10-4-2-3-7-14(10,17)9-11-5-6-12(15)8-13(11)16/h5-6,8,10H,2-4,7,9,17H2,1H3. The third-order valence-electron chi connectivity index (χ3n) is 4.05. The molecule has 1 aromatic carbocycles. The third kappa shape index (κ3) is 2.65. The van der Waals surface area contributed by atoms with Crippen molar-refractivity contribution in [2.45, 2.75) is 44.6 Å². The second-order valence-corrected chi connectivity index (χ2v) is 5.29. The predicted molar refractivity (Wildman–Crippen MR) is 64.6 cm³/mol. The van der Waals surface area contributed by atoms with Gasteiger partial charge in [-0.2, -0.15) is 0 Å². The van der Waals surface area contributed by atoms with Crippen LogP contribution in [0.25, 0.3) is 0 Å². The highest BCUT2D eigenvalue weighted by Crippen LogP contribution is 2.34. The molecule has 0 amide bonds. The van der Waals surface area contributed by atoms with Crippen LogP contribution in [-0.2, 0) is 6.42 Å². The van der Waals surface area contributed by atoms with E-state index in [-0.39, 0.29) is 5.54 Å². The van der Waals surface area contributed by atoms with Gasteiger partial charge in [-0.25, -0.2) is 8.78 Å². The Bertz CT molecular complexity index is 405. The molecule has 1 fully saturated rings. The first-order valence-electron chi connectivity index (χ1n) is 6.24. The second-order valence-electron chi connectivity index (χ2n) is 5.29. The average molecular weight is 239 g/mol. The van der Waals surface area contributed by atoms with E-state index < -0.39 is 11.6 Å². The van der Waals surface area contributed by atoms with E-state index in [2.05, 4.69) is 6.92 Å². The van der Waals surface area contributed by atoms with Gasteiger partial charge in [0.25, 0.3) is 0 Å². The van der Waals surface area contributed by atoms with Crippen molar-refractivity contribution in [3.05, 3.63) is 35.4 Å². The van der Waals surface area contributed by atoms with Crippen LogP contribution < -0.4 is 5.73 Å². The van der Waals surface area contributed by atoms with Crippen LogP contribution in [0.15, 0.2) is 18.2 Å². The summed E-state index contributed by atoms with van der Waals surface area (Å²) in [6.07, 6.45) is 4.82. The molecule has 0 aromatic heterocycles. The van der Waals surface area contributed by atoms with Crippen LogP contribution in [0.1, 0.15) is 38.2 Å². The van der Waals surface area contributed by atoms with Crippen molar-refractivity contribution < 1.29 is 8.78 Å². The van der Waals surface area contributed by atoms with Crippen LogP contribution in [0.2, 0.25) is 0 Å². The Kier molecular flexibility index (Phi) is 3.48. The average Bonchev–Trinajstić information content (AvgIpc) is 2.27. The summed E-state index contributed by atoms with van der Waals surface area (Å²) in [6.45, 7) is 2.13. The molecule has 94 valence electrons. The fraction of sp³-hybridized carbons (Fsp3) is 0.571. The number of nitrogens with two attached hydrogens (primary N) is 1. The summed E-state index contributed by atoms with van der Waals surface area (Å²) in [4.78, 5) is 0. The Labute approximate surface area is 101 Å². The molecule has 1 aliphatic carbocycles. The van der Waals surface area contributed by atoms with Crippen molar-refractivity contribution in [2.75, 3.05) is 0 Å². The Morgan fingerprint density at radius 3 is 2.76 bits per heavy atom. The Hall–Kier alpha value is -0.960. The monoisotopic (exact) mass is 239 g/mol. The topological polar surface area (TPSA) is 26.0 Å². The first-order valence-corrected chi connectivity index (χ1v) is 6.24. The highest BCUT2D eigenvalue weighted by molar-refractivity contribution is 5.21. The van der Waals surface area contributed by atoms with Crippen molar-refractivity contribution in [2.24, 2.45) is 11.7 Å². The molecule has 1 aromatic rings. The van der Waals surface area contributed by atoms with E-state index in [1.54, 1.807) is 0 Å². The predicted octanol–water partition coefficient (Wildman–Crippen LogP) is 3.41. The normalized spacial score (nSPS) is 29.3. The maximum atomic E-state index is 13.6. The number of hydrogen-bond donors (Lipinski definition) is 1. The summed E-state index contributed by atoms with van der Waals surface area (Å²) in [6, 6.07) is 3.75. The van der Waals surface area contributed by atoms with Gasteiger partial charge in [0.15, 0.2) is 0 Å². The van der Waals surface area contributed by atoms with Gasteiger partial charge in [0, 0.05) is 11.6 Å². The summed E-state index contributed by atoms with van der Waals surface area (Å²) >= 11 is 0. The lowest BCUT2D eigenvalue weighted by Gasteiger charge is -2.39. The number of halogens is 2. The largest absolute Gasteiger partial charge is 0.325 e. The fourth-order valence-corrected chi connectivity index (χ4v) is 2.72. The van der Waals surface area contributed by atoms with E-state index in [1.807, 2.05) is 0 Å². The molecule has 0 radical (unpaired) electrons. The van der Waals surface area contributed by atoms with Gasteiger partial charge < -0.3 is 5.73 Å². The van der Waals surface area contributed by atoms with Crippen molar-refractivity contribution in [3.8, 4) is 0 Å². The molecule has 17 heavy (non-hydrogen) atoms. The number of hydrogen-bond acceptors (Lipinski definition) is 1. The smallest absolute Gasteiger partial charge is 0.129 e. The van der Waals surface area contributed by atoms with Gasteiger partial charge >= 0.3 is 0 Å². The maximum Gasteiger partial charge on any atom is 0.129 e. The van der Waals surface area contributed by atoms with Crippen molar-refractivity contribution in [1.29, 1.82) is 0 Å². The van der Waals surface area contributed by atoms with E-state index >= 15 is 0 Å². The van der Waals surface area contributed by atoms with Gasteiger partial charge in [-0.1, -0.05) is 25.8 Å². The lowest BCUT2D eigenvalue weighted by atomic mass is 9.71. The summed E-state index contributed by atoms with van der Waals surface area (Å²) < 4.78 is 26.4. The molecular weight excluding hydrogens is 220 g/mol. The molecule has 2 N–H and O–H groups in total. The van der Waals surface area contributed by atoms with Crippen LogP contribution in [0.3, 0.4) is 0 Å². The van der Waals surface area contributed by atoms with Crippen LogP contribution in [0, 0.1) is 17.6 Å². The Morgan fingerprint density at radius 2 is 2.12 bits per heavy atom. The minimum atomic E-state index is -0.533. The SMILES string of the molecule is CC1CCCCC1(N)Cc1ccc(F)cc1F. The first kappa shape index (κ1) is 12.5. The molecule has 2 rings (SSSR count). The van der Waals surface area contributed by atoms with E-state index in [0.29, 0.717) is 17.9 Å². The van der Waals surface area contributed by atoms with Gasteiger partial charge in [0.2, 0.25) is 0 Å². The van der Waals surface area contributed by atoms with Gasteiger partial charge in [0.05, 0.1) is 0 Å². The third-order valence-corrected chi connectivity index (χ3v) is 4.05. The zero-order valence-corrected chi connectivity index (χ0v) is 10.2. The van der Waals surface area contributed by atoms with E-state index in [4.69, 9.17) is 5.73 Å². The molecule has 2 atom stereocenters. The minimum absolute atomic E-state index is 0.336. The molecule has 0 heterocycles. The van der Waals surface area contributed by atoms with Crippen molar-refractivity contribution >= 4 is 0 Å². The Balaban J connectivity index is 2.19. The van der Waals surface area contributed by atoms with Crippen LogP contribution in [0.5, 0.6) is 0 Å². The summed E-state index contributed by atoms with van der Waals surface area (Å²) in [5, 5.41) is 0. The lowest BCUT2D eigenvalue weighted by Crippen LogP contribution is -2.50. The minimum Gasteiger partial charge on any atom is -0.325 e. The van der Waals surface area contributed by atoms with Crippen LogP contribution in [-0.4, -0.2) is 5.54 Å². The molecule has 0 saturated heterocycles. The van der Waals surface area contributed by atoms with Gasteiger partial charge in [0.1, 0.15) is 11.6 Å². The molecule has 0 aliphatic heterocycles. The van der Waals surface area contributed by atoms with Gasteiger partial charge in [-0.3, -0.25) is 0 Å². The molecule has 0 spiro atoms. The fourth-order valence-electron chi connectivity index (χ4n) is 2.72. The molecule has 3 heteroatoms. The lowest BCUT2D eigenvalue weighted by molar-refractivity contribution is 0.202. The van der Waals surface area contributed by atoms with Gasteiger partial charge in [-0.15, -0.1) is 0 Å². The molecular formula is C14H19F2N. The number of benzene rings is 1. The van der Waals surface area contributed by atoms with Crippen LogP contribution in [0.4, 0.5) is 8.78 Å². The summed E-state index contributed by atoms with van der Waals surface area (Å²) in [7, 11) is 0. The Morgan fingerprint density at radius 1 is 1.35 bits per heavy atom. The zero-order valence-electron chi connectivity index (χ0n) is 10.2. The first-order chi connectivity index (χ1) is 8.01. The molecule has 1 aliphatic rings. The molecule has 2 unspecified atom stereocenters.